The Hall–Kier alpha value is -0.390. The number of hydrogen-bond donors (Lipinski definition) is 1. The molecule has 5 heteroatoms. The predicted octanol–water partition coefficient (Wildman–Crippen LogP) is 3.37. The number of ether oxygens (including phenoxy) is 1. The third-order valence-corrected chi connectivity index (χ3v) is 4.39. The average molecular weight is 320 g/mol. The van der Waals surface area contributed by atoms with E-state index in [4.69, 9.17) is 4.74 Å². The summed E-state index contributed by atoms with van der Waals surface area (Å²) in [6.07, 6.45) is 2.21. The summed E-state index contributed by atoms with van der Waals surface area (Å²) in [6, 6.07) is 1.89. The fourth-order valence-electron chi connectivity index (χ4n) is 1.24. The van der Waals surface area contributed by atoms with Gasteiger partial charge in [-0.05, 0) is 40.9 Å². The number of carbonyl (C=O) groups excluding carboxylic acids is 1. The van der Waals surface area contributed by atoms with Crippen LogP contribution in [0, 0.1) is 6.92 Å². The van der Waals surface area contributed by atoms with Gasteiger partial charge in [0.05, 0.1) is 15.3 Å². The van der Waals surface area contributed by atoms with Gasteiger partial charge in [0.15, 0.2) is 0 Å². The highest BCUT2D eigenvalue weighted by atomic mass is 79.9. The molecule has 0 aliphatic rings. The molecule has 0 atom stereocenters. The number of nitrogens with one attached hydrogen (secondary N) is 1. The molecule has 0 aliphatic heterocycles. The van der Waals surface area contributed by atoms with Crippen molar-refractivity contribution in [2.75, 3.05) is 19.8 Å². The van der Waals surface area contributed by atoms with Gasteiger partial charge in [0, 0.05) is 13.2 Å². The minimum atomic E-state index is -0.0251. The van der Waals surface area contributed by atoms with E-state index in [2.05, 4.69) is 28.2 Å². The minimum absolute atomic E-state index is 0.0251. The molecule has 0 bridgehead atoms. The maximum Gasteiger partial charge on any atom is 0.261 e. The summed E-state index contributed by atoms with van der Waals surface area (Å²) in [5, 5.41) is 2.84. The van der Waals surface area contributed by atoms with Gasteiger partial charge in [-0.2, -0.15) is 0 Å². The normalized spacial score (nSPS) is 10.5. The van der Waals surface area contributed by atoms with Crippen LogP contribution in [0.15, 0.2) is 9.85 Å². The van der Waals surface area contributed by atoms with E-state index in [0.717, 1.165) is 33.7 Å². The number of hydrogen-bond acceptors (Lipinski definition) is 3. The fraction of sp³-hybridized carbons (Fsp3) is 0.583. The summed E-state index contributed by atoms with van der Waals surface area (Å²) < 4.78 is 6.38. The van der Waals surface area contributed by atoms with Gasteiger partial charge in [0.25, 0.3) is 5.91 Å². The molecule has 96 valence electrons. The Balaban J connectivity index is 2.21. The van der Waals surface area contributed by atoms with Gasteiger partial charge >= 0.3 is 0 Å². The lowest BCUT2D eigenvalue weighted by Gasteiger charge is -2.04. The molecule has 1 aromatic rings. The van der Waals surface area contributed by atoms with Crippen LogP contribution >= 0.6 is 27.3 Å². The van der Waals surface area contributed by atoms with Crippen LogP contribution in [0.5, 0.6) is 0 Å². The molecule has 0 radical (unpaired) electrons. The van der Waals surface area contributed by atoms with Gasteiger partial charge in [-0.15, -0.1) is 11.3 Å². The lowest BCUT2D eigenvalue weighted by molar-refractivity contribution is 0.0916. The second-order valence-electron chi connectivity index (χ2n) is 3.79. The standard InChI is InChI=1S/C12H18BrNO2S/c1-3-4-6-16-7-5-14-12(15)10-8-9(2)11(13)17-10/h8H,3-7H2,1-2H3,(H,14,15). The van der Waals surface area contributed by atoms with Crippen LogP contribution in [-0.2, 0) is 4.74 Å². The predicted molar refractivity (Wildman–Crippen MR) is 74.8 cm³/mol. The van der Waals surface area contributed by atoms with E-state index in [1.165, 1.54) is 11.3 Å². The van der Waals surface area contributed by atoms with Crippen molar-refractivity contribution in [2.24, 2.45) is 0 Å². The molecule has 0 saturated heterocycles. The zero-order valence-electron chi connectivity index (χ0n) is 10.2. The summed E-state index contributed by atoms with van der Waals surface area (Å²) in [5.74, 6) is -0.0251. The molecular formula is C12H18BrNO2S. The molecule has 1 aromatic heterocycles. The summed E-state index contributed by atoms with van der Waals surface area (Å²) >= 11 is 4.87. The van der Waals surface area contributed by atoms with Crippen LogP contribution in [0.3, 0.4) is 0 Å². The number of rotatable bonds is 7. The Kier molecular flexibility index (Phi) is 6.77. The molecule has 0 saturated carbocycles. The molecule has 0 fully saturated rings. The molecule has 0 spiro atoms. The first kappa shape index (κ1) is 14.7. The van der Waals surface area contributed by atoms with E-state index in [0.29, 0.717) is 13.2 Å². The topological polar surface area (TPSA) is 38.3 Å². The molecule has 1 amide bonds. The van der Waals surface area contributed by atoms with E-state index >= 15 is 0 Å². The minimum Gasteiger partial charge on any atom is -0.380 e. The van der Waals surface area contributed by atoms with E-state index in [9.17, 15) is 4.79 Å². The summed E-state index contributed by atoms with van der Waals surface area (Å²) in [5.41, 5.74) is 1.10. The lowest BCUT2D eigenvalue weighted by atomic mass is 10.3. The highest BCUT2D eigenvalue weighted by molar-refractivity contribution is 9.11. The van der Waals surface area contributed by atoms with Crippen molar-refractivity contribution in [2.45, 2.75) is 26.7 Å². The van der Waals surface area contributed by atoms with Gasteiger partial charge in [-0.1, -0.05) is 13.3 Å². The fourth-order valence-corrected chi connectivity index (χ4v) is 2.70. The third kappa shape index (κ3) is 5.19. The van der Waals surface area contributed by atoms with Gasteiger partial charge < -0.3 is 10.1 Å². The second kappa shape index (κ2) is 7.84. The van der Waals surface area contributed by atoms with Crippen LogP contribution in [-0.4, -0.2) is 25.7 Å². The van der Waals surface area contributed by atoms with Crippen molar-refractivity contribution in [3.63, 3.8) is 0 Å². The number of carbonyl (C=O) groups is 1. The third-order valence-electron chi connectivity index (χ3n) is 2.26. The van der Waals surface area contributed by atoms with Crippen LogP contribution in [0.4, 0.5) is 0 Å². The van der Waals surface area contributed by atoms with Gasteiger partial charge in [0.2, 0.25) is 0 Å². The van der Waals surface area contributed by atoms with Crippen LogP contribution in [0.25, 0.3) is 0 Å². The largest absolute Gasteiger partial charge is 0.380 e. The second-order valence-corrected chi connectivity index (χ2v) is 6.16. The first-order valence-electron chi connectivity index (χ1n) is 5.77. The Morgan fingerprint density at radius 3 is 2.88 bits per heavy atom. The number of unbranched alkanes of at least 4 members (excludes halogenated alkanes) is 1. The van der Waals surface area contributed by atoms with Crippen LogP contribution in [0.2, 0.25) is 0 Å². The number of halogens is 1. The van der Waals surface area contributed by atoms with Crippen molar-refractivity contribution < 1.29 is 9.53 Å². The van der Waals surface area contributed by atoms with Crippen molar-refractivity contribution in [3.8, 4) is 0 Å². The molecule has 1 heterocycles. The zero-order chi connectivity index (χ0) is 12.7. The van der Waals surface area contributed by atoms with Gasteiger partial charge in [-0.25, -0.2) is 0 Å². The molecular weight excluding hydrogens is 302 g/mol. The summed E-state index contributed by atoms with van der Waals surface area (Å²) in [7, 11) is 0. The molecule has 17 heavy (non-hydrogen) atoms. The highest BCUT2D eigenvalue weighted by Crippen LogP contribution is 2.26. The van der Waals surface area contributed by atoms with Crippen LogP contribution < -0.4 is 5.32 Å². The van der Waals surface area contributed by atoms with E-state index < -0.39 is 0 Å². The quantitative estimate of drug-likeness (QED) is 0.782. The smallest absolute Gasteiger partial charge is 0.261 e. The number of amides is 1. The van der Waals surface area contributed by atoms with Gasteiger partial charge in [-0.3, -0.25) is 4.79 Å². The first-order valence-corrected chi connectivity index (χ1v) is 7.38. The van der Waals surface area contributed by atoms with Crippen molar-refractivity contribution in [1.82, 2.24) is 5.32 Å². The molecule has 0 aromatic carbocycles. The zero-order valence-corrected chi connectivity index (χ0v) is 12.6. The number of aryl methyl sites for hydroxylation is 1. The molecule has 3 nitrogen and oxygen atoms in total. The number of thiophene rings is 1. The van der Waals surface area contributed by atoms with Crippen LogP contribution in [0.1, 0.15) is 35.0 Å². The lowest BCUT2D eigenvalue weighted by Crippen LogP contribution is -2.26. The Morgan fingerprint density at radius 1 is 1.53 bits per heavy atom. The summed E-state index contributed by atoms with van der Waals surface area (Å²) in [6.45, 7) is 6.03. The molecule has 0 aliphatic carbocycles. The maximum absolute atomic E-state index is 11.7. The molecule has 1 rings (SSSR count). The monoisotopic (exact) mass is 319 g/mol. The molecule has 0 unspecified atom stereocenters. The van der Waals surface area contributed by atoms with Crippen molar-refractivity contribution >= 4 is 33.2 Å². The maximum atomic E-state index is 11.7. The Morgan fingerprint density at radius 2 is 2.29 bits per heavy atom. The highest BCUT2D eigenvalue weighted by Gasteiger charge is 2.10. The first-order chi connectivity index (χ1) is 8.15. The van der Waals surface area contributed by atoms with Crippen molar-refractivity contribution in [1.29, 1.82) is 0 Å². The van der Waals surface area contributed by atoms with Crippen molar-refractivity contribution in [3.05, 3.63) is 20.3 Å². The average Bonchev–Trinajstić information content (AvgIpc) is 2.64. The van der Waals surface area contributed by atoms with E-state index in [1.54, 1.807) is 0 Å². The SMILES string of the molecule is CCCCOCCNC(=O)c1cc(C)c(Br)s1. The van der Waals surface area contributed by atoms with Gasteiger partial charge in [0.1, 0.15) is 0 Å². The summed E-state index contributed by atoms with van der Waals surface area (Å²) in [4.78, 5) is 12.5. The van der Waals surface area contributed by atoms with E-state index in [-0.39, 0.29) is 5.91 Å². The Bertz CT molecular complexity index is 346. The molecule has 1 N–H and O–H groups in total. The Labute approximate surface area is 115 Å². The van der Waals surface area contributed by atoms with E-state index in [1.807, 2.05) is 13.0 Å².